The van der Waals surface area contributed by atoms with Crippen molar-refractivity contribution in [3.8, 4) is 10.8 Å². The Morgan fingerprint density at radius 1 is 0.762 bits per heavy atom. The number of aliphatic imine (C=N–C) groups is 1. The van der Waals surface area contributed by atoms with Gasteiger partial charge in [-0.2, -0.15) is 0 Å². The molecule has 3 atom stereocenters. The fraction of sp³-hybridized carbons (Fsp3) is 0.380. The number of hydrogen-bond donors (Lipinski definition) is 2. The summed E-state index contributed by atoms with van der Waals surface area (Å²) in [6.45, 7) is 13.4. The van der Waals surface area contributed by atoms with Crippen molar-refractivity contribution in [1.29, 1.82) is 0 Å². The van der Waals surface area contributed by atoms with E-state index >= 15 is 4.39 Å². The average molecular weight is 872 g/mol. The summed E-state index contributed by atoms with van der Waals surface area (Å²) >= 11 is 1.76. The third-order valence-electron chi connectivity index (χ3n) is 14.1. The number of nitrogens with zero attached hydrogens (tertiary/aromatic N) is 7. The van der Waals surface area contributed by atoms with Crippen molar-refractivity contribution in [3.63, 3.8) is 0 Å². The fourth-order valence-corrected chi connectivity index (χ4v) is 11.7. The van der Waals surface area contributed by atoms with E-state index < -0.39 is 23.2 Å². The molecule has 2 aromatic heterocycles. The molecule has 2 N–H and O–H groups in total. The number of thiophene rings is 1. The second-order valence-corrected chi connectivity index (χ2v) is 19.2. The summed E-state index contributed by atoms with van der Waals surface area (Å²) in [5.41, 5.74) is 8.50. The number of fused-ring (bicyclic) bond motifs is 4. The molecule has 4 aromatic carbocycles. The number of hydrogen-bond acceptors (Lipinski definition) is 9. The van der Waals surface area contributed by atoms with Crippen LogP contribution in [-0.4, -0.2) is 87.0 Å². The topological polar surface area (TPSA) is 93.2 Å². The van der Waals surface area contributed by atoms with Gasteiger partial charge in [0, 0.05) is 79.1 Å². The largest absolute Gasteiger partial charge is 0.508 e. The number of aryl methyl sites for hydroxylation is 3. The second-order valence-electron chi connectivity index (χ2n) is 18.0. The quantitative estimate of drug-likeness (QED) is 0.165. The van der Waals surface area contributed by atoms with Crippen molar-refractivity contribution >= 4 is 28.4 Å². The molecule has 0 unspecified atom stereocenters. The van der Waals surface area contributed by atoms with Gasteiger partial charge in [-0.3, -0.25) is 14.5 Å². The number of piperazine rings is 1. The van der Waals surface area contributed by atoms with Crippen molar-refractivity contribution in [2.45, 2.75) is 76.9 Å². The van der Waals surface area contributed by atoms with Gasteiger partial charge in [0.05, 0.1) is 11.3 Å². The van der Waals surface area contributed by atoms with E-state index in [0.29, 0.717) is 56.4 Å². The van der Waals surface area contributed by atoms with Crippen LogP contribution >= 0.6 is 11.3 Å². The lowest BCUT2D eigenvalue weighted by Crippen LogP contribution is -2.55. The Balaban J connectivity index is 0.775. The molecule has 5 heterocycles. The Kier molecular flexibility index (Phi) is 10.7. The van der Waals surface area contributed by atoms with E-state index in [4.69, 9.17) is 4.99 Å². The summed E-state index contributed by atoms with van der Waals surface area (Å²) in [7, 11) is 0. The summed E-state index contributed by atoms with van der Waals surface area (Å²) < 4.78 is 46.9. The van der Waals surface area contributed by atoms with Crippen LogP contribution in [-0.2, 0) is 6.42 Å². The average Bonchev–Trinajstić information content (AvgIpc) is 3.77. The van der Waals surface area contributed by atoms with Crippen LogP contribution in [0.5, 0.6) is 5.75 Å². The highest BCUT2D eigenvalue weighted by atomic mass is 32.1. The maximum Gasteiger partial charge on any atom is 0.162 e. The van der Waals surface area contributed by atoms with Crippen LogP contribution in [0.15, 0.2) is 83.9 Å². The zero-order valence-corrected chi connectivity index (χ0v) is 36.9. The highest BCUT2D eigenvalue weighted by Crippen LogP contribution is 2.48. The van der Waals surface area contributed by atoms with Gasteiger partial charge in [-0.25, -0.2) is 13.2 Å². The standard InChI is InChI=1S/C50H52F3N7O2S/c1-29-31(3)63-49-45(29)47(54-30(2)48-56-55-32(4)60(48)49)33-5-9-36(10-6-33)58-19-17-50(62,18-20-58)28-57-21-23-59(24-22-57)37-11-14-41(43(52)27-37)46-39(35-8-16-42(51)44(53)26-35)13-7-34-25-38(61)12-15-40(34)46/h5-6,8-12,14-16,25-27,30,39,46,61-62H,7,13,17-24,28H2,1-4H3/t30-,39-,46+/m0/s1. The molecule has 4 aliphatic rings. The molecule has 0 bridgehead atoms. The number of phenols is 1. The number of rotatable bonds is 7. The molecule has 326 valence electrons. The lowest BCUT2D eigenvalue weighted by Gasteiger charge is -2.44. The van der Waals surface area contributed by atoms with E-state index in [1.54, 1.807) is 35.6 Å². The number of aromatic hydroxyl groups is 1. The van der Waals surface area contributed by atoms with Crippen LogP contribution < -0.4 is 9.80 Å². The third kappa shape index (κ3) is 7.61. The summed E-state index contributed by atoms with van der Waals surface area (Å²) in [6, 6.07) is 23.1. The SMILES string of the molecule is Cc1sc2c(c1C)C(c1ccc(N3CCC(O)(CN4CCN(c5ccc([C@H]6c7ccc(O)cc7CC[C@H]6c6ccc(F)c(F)c6)c(F)c5)CC4)CC3)cc1)=N[C@@H](C)c1nnc(C)n1-2. The van der Waals surface area contributed by atoms with Gasteiger partial charge >= 0.3 is 0 Å². The third-order valence-corrected chi connectivity index (χ3v) is 15.3. The molecule has 0 amide bonds. The first-order valence-corrected chi connectivity index (χ1v) is 22.9. The van der Waals surface area contributed by atoms with Gasteiger partial charge in [0.1, 0.15) is 28.4 Å². The van der Waals surface area contributed by atoms with Gasteiger partial charge in [-0.1, -0.05) is 30.3 Å². The Bertz CT molecular complexity index is 2730. The molecule has 9 nitrogen and oxygen atoms in total. The molecule has 0 spiro atoms. The fourth-order valence-electron chi connectivity index (χ4n) is 10.5. The molecule has 63 heavy (non-hydrogen) atoms. The predicted octanol–water partition coefficient (Wildman–Crippen LogP) is 9.30. The lowest BCUT2D eigenvalue weighted by atomic mass is 9.69. The Hall–Kier alpha value is -5.50. The van der Waals surface area contributed by atoms with Gasteiger partial charge in [-0.15, -0.1) is 21.5 Å². The maximum absolute atomic E-state index is 16.4. The molecule has 0 radical (unpaired) electrons. The highest BCUT2D eigenvalue weighted by Gasteiger charge is 2.37. The van der Waals surface area contributed by atoms with E-state index in [1.807, 2.05) is 25.1 Å². The number of aliphatic hydroxyl groups is 1. The number of halogens is 3. The number of piperidine rings is 1. The summed E-state index contributed by atoms with van der Waals surface area (Å²) in [6.07, 6.45) is 2.57. The second kappa shape index (κ2) is 16.2. The molecule has 2 saturated heterocycles. The van der Waals surface area contributed by atoms with Gasteiger partial charge in [-0.05, 0) is 136 Å². The van der Waals surface area contributed by atoms with Crippen molar-refractivity contribution in [3.05, 3.63) is 152 Å². The molecule has 1 aliphatic carbocycles. The Labute approximate surface area is 370 Å². The molecule has 13 heteroatoms. The van der Waals surface area contributed by atoms with E-state index in [9.17, 15) is 19.0 Å². The van der Waals surface area contributed by atoms with E-state index in [2.05, 4.69) is 74.5 Å². The van der Waals surface area contributed by atoms with Crippen molar-refractivity contribution in [2.24, 2.45) is 4.99 Å². The summed E-state index contributed by atoms with van der Waals surface area (Å²) in [5, 5.41) is 32.0. The van der Waals surface area contributed by atoms with Crippen LogP contribution in [0, 0.1) is 38.2 Å². The molecular weight excluding hydrogens is 820 g/mol. The number of aromatic nitrogens is 3. The first-order chi connectivity index (χ1) is 30.3. The van der Waals surface area contributed by atoms with Gasteiger partial charge in [0.25, 0.3) is 0 Å². The Morgan fingerprint density at radius 2 is 1.48 bits per heavy atom. The van der Waals surface area contributed by atoms with E-state index in [0.717, 1.165) is 88.2 Å². The first-order valence-electron chi connectivity index (χ1n) is 22.1. The number of phenolic OH excluding ortho intramolecular Hbond substituents is 1. The summed E-state index contributed by atoms with van der Waals surface area (Å²) in [5.74, 6) is -1.00. The normalized spacial score (nSPS) is 21.1. The van der Waals surface area contributed by atoms with E-state index in [1.165, 1.54) is 16.5 Å². The highest BCUT2D eigenvalue weighted by molar-refractivity contribution is 7.15. The van der Waals surface area contributed by atoms with Crippen LogP contribution in [0.1, 0.15) is 99.5 Å². The molecule has 6 aromatic rings. The maximum atomic E-state index is 16.4. The smallest absolute Gasteiger partial charge is 0.162 e. The van der Waals surface area contributed by atoms with Gasteiger partial charge in [0.2, 0.25) is 0 Å². The minimum atomic E-state index is -0.917. The summed E-state index contributed by atoms with van der Waals surface area (Å²) in [4.78, 5) is 13.3. The monoisotopic (exact) mass is 871 g/mol. The minimum Gasteiger partial charge on any atom is -0.508 e. The van der Waals surface area contributed by atoms with Crippen molar-refractivity contribution in [1.82, 2.24) is 19.7 Å². The van der Waals surface area contributed by atoms with Crippen molar-refractivity contribution in [2.75, 3.05) is 55.6 Å². The molecule has 10 rings (SSSR count). The van der Waals surface area contributed by atoms with Crippen LogP contribution in [0.2, 0.25) is 0 Å². The first kappa shape index (κ1) is 41.5. The molecule has 2 fully saturated rings. The van der Waals surface area contributed by atoms with Crippen molar-refractivity contribution < 1.29 is 23.4 Å². The number of benzene rings is 4. The number of β-amino-alcohol motifs (C(OH)–C–C–N with tert-alkyl or cyclic N) is 1. The molecule has 0 saturated carbocycles. The van der Waals surface area contributed by atoms with Crippen LogP contribution in [0.4, 0.5) is 24.5 Å². The van der Waals surface area contributed by atoms with Crippen LogP contribution in [0.3, 0.4) is 0 Å². The van der Waals surface area contributed by atoms with Gasteiger partial charge in [0.15, 0.2) is 17.5 Å². The lowest BCUT2D eigenvalue weighted by molar-refractivity contribution is -0.0173. The minimum absolute atomic E-state index is 0.139. The predicted molar refractivity (Wildman–Crippen MR) is 243 cm³/mol. The zero-order chi connectivity index (χ0) is 43.7. The number of anilines is 2. The van der Waals surface area contributed by atoms with Gasteiger partial charge < -0.3 is 20.0 Å². The zero-order valence-electron chi connectivity index (χ0n) is 36.1. The van der Waals surface area contributed by atoms with E-state index in [-0.39, 0.29) is 23.5 Å². The van der Waals surface area contributed by atoms with Crippen LogP contribution in [0.25, 0.3) is 5.00 Å². The molecule has 3 aliphatic heterocycles. The Morgan fingerprint density at radius 3 is 2.21 bits per heavy atom. The molecular formula is C50H52F3N7O2S.